The van der Waals surface area contributed by atoms with Crippen molar-refractivity contribution < 1.29 is 14.9 Å². The molecule has 2 aromatic rings. The molecule has 0 saturated carbocycles. The second kappa shape index (κ2) is 5.17. The fraction of sp³-hybridized carbons (Fsp3) is 0.545. The molecule has 0 aliphatic carbocycles. The normalized spacial score (nSPS) is 30.1. The van der Waals surface area contributed by atoms with Crippen molar-refractivity contribution in [3.8, 4) is 0 Å². The van der Waals surface area contributed by atoms with Gasteiger partial charge in [0.15, 0.2) is 11.2 Å². The molecule has 1 aliphatic heterocycles. The molecule has 108 valence electrons. The molecule has 8 nitrogen and oxygen atoms in total. The van der Waals surface area contributed by atoms with E-state index in [2.05, 4.69) is 15.0 Å². The number of nitrogens with zero attached hydrogens (tertiary/aromatic N) is 3. The molecular formula is C11H14N4O4S. The molecule has 4 unspecified atom stereocenters. The van der Waals surface area contributed by atoms with Crippen LogP contribution in [0.5, 0.6) is 0 Å². The number of thioether (sulfide) groups is 1. The van der Waals surface area contributed by atoms with Crippen LogP contribution in [0.2, 0.25) is 0 Å². The molecule has 3 N–H and O–H groups in total. The minimum absolute atomic E-state index is 0.238. The Morgan fingerprint density at radius 1 is 1.45 bits per heavy atom. The Balaban J connectivity index is 1.87. The van der Waals surface area contributed by atoms with Gasteiger partial charge in [0, 0.05) is 0 Å². The number of rotatable bonds is 3. The molecule has 1 saturated heterocycles. The lowest BCUT2D eigenvalue weighted by Gasteiger charge is -2.15. The second-order valence-corrected chi connectivity index (χ2v) is 5.50. The average molecular weight is 298 g/mol. The van der Waals surface area contributed by atoms with E-state index in [1.54, 1.807) is 10.8 Å². The van der Waals surface area contributed by atoms with Gasteiger partial charge in [-0.15, -0.1) is 11.8 Å². The van der Waals surface area contributed by atoms with Gasteiger partial charge >= 0.3 is 0 Å². The smallest absolute Gasteiger partial charge is 0.278 e. The average Bonchev–Trinajstić information content (AvgIpc) is 2.97. The lowest BCUT2D eigenvalue weighted by atomic mass is 10.1. The number of aliphatic hydroxyl groups excluding tert-OH is 2. The van der Waals surface area contributed by atoms with Crippen LogP contribution in [0.3, 0.4) is 0 Å². The van der Waals surface area contributed by atoms with E-state index < -0.39 is 23.7 Å². The van der Waals surface area contributed by atoms with Crippen molar-refractivity contribution in [1.82, 2.24) is 19.5 Å². The highest BCUT2D eigenvalue weighted by Crippen LogP contribution is 2.28. The first-order chi connectivity index (χ1) is 9.61. The molecule has 4 atom stereocenters. The summed E-state index contributed by atoms with van der Waals surface area (Å²) in [4.78, 5) is 22.1. The van der Waals surface area contributed by atoms with Crippen LogP contribution in [-0.4, -0.2) is 59.7 Å². The summed E-state index contributed by atoms with van der Waals surface area (Å²) in [6, 6.07) is 0. The van der Waals surface area contributed by atoms with Gasteiger partial charge in [0.1, 0.15) is 23.7 Å². The summed E-state index contributed by atoms with van der Waals surface area (Å²) in [5, 5.41) is 19.8. The Labute approximate surface area is 117 Å². The molecule has 0 aromatic carbocycles. The van der Waals surface area contributed by atoms with E-state index in [9.17, 15) is 15.0 Å². The lowest BCUT2D eigenvalue weighted by molar-refractivity contribution is 0.0147. The highest BCUT2D eigenvalue weighted by molar-refractivity contribution is 7.99. The first-order valence-corrected chi connectivity index (χ1v) is 7.33. The summed E-state index contributed by atoms with van der Waals surface area (Å²) < 4.78 is 7.22. The van der Waals surface area contributed by atoms with Gasteiger partial charge < -0.3 is 24.5 Å². The van der Waals surface area contributed by atoms with E-state index in [1.165, 1.54) is 24.4 Å². The Hall–Kier alpha value is -1.42. The van der Waals surface area contributed by atoms with Crippen molar-refractivity contribution in [2.24, 2.45) is 0 Å². The predicted octanol–water partition coefficient (Wildman–Crippen LogP) is -1.07. The zero-order chi connectivity index (χ0) is 14.3. The van der Waals surface area contributed by atoms with Gasteiger partial charge in [-0.3, -0.25) is 4.79 Å². The maximum absolute atomic E-state index is 11.5. The summed E-state index contributed by atoms with van der Waals surface area (Å²) in [5.41, 5.74) is -0.113. The number of ether oxygens (including phenoxy) is 1. The summed E-state index contributed by atoms with van der Waals surface area (Å²) >= 11 is 1.34. The van der Waals surface area contributed by atoms with E-state index in [4.69, 9.17) is 4.74 Å². The van der Waals surface area contributed by atoms with Crippen molar-refractivity contribution in [3.05, 3.63) is 23.0 Å². The first-order valence-electron chi connectivity index (χ1n) is 6.04. The Kier molecular flexibility index (Phi) is 3.50. The molecule has 0 bridgehead atoms. The van der Waals surface area contributed by atoms with E-state index in [1.807, 2.05) is 0 Å². The zero-order valence-corrected chi connectivity index (χ0v) is 11.4. The summed E-state index contributed by atoms with van der Waals surface area (Å²) in [6.07, 6.45) is 2.10. The van der Waals surface area contributed by atoms with E-state index in [0.717, 1.165) is 0 Å². The lowest BCUT2D eigenvalue weighted by Crippen LogP contribution is -2.33. The fourth-order valence-corrected chi connectivity index (χ4v) is 2.97. The molecule has 3 heterocycles. The Morgan fingerprint density at radius 2 is 2.25 bits per heavy atom. The molecule has 2 aromatic heterocycles. The molecule has 0 spiro atoms. The number of aromatic amines is 1. The number of H-pyrrole nitrogens is 1. The second-order valence-electron chi connectivity index (χ2n) is 4.56. The number of fused-ring (bicyclic) bond motifs is 1. The molecule has 1 aliphatic rings. The molecule has 20 heavy (non-hydrogen) atoms. The number of aliphatic hydroxyl groups is 2. The molecule has 9 heteroatoms. The number of aromatic nitrogens is 4. The number of hydrogen-bond acceptors (Lipinski definition) is 7. The maximum Gasteiger partial charge on any atom is 0.278 e. The molecule has 3 rings (SSSR count). The predicted molar refractivity (Wildman–Crippen MR) is 72.3 cm³/mol. The van der Waals surface area contributed by atoms with Gasteiger partial charge in [0.2, 0.25) is 0 Å². The van der Waals surface area contributed by atoms with Gasteiger partial charge in [0.25, 0.3) is 5.56 Å². The van der Waals surface area contributed by atoms with Crippen molar-refractivity contribution in [1.29, 1.82) is 0 Å². The van der Waals surface area contributed by atoms with Gasteiger partial charge in [-0.05, 0) is 6.26 Å². The van der Waals surface area contributed by atoms with Crippen molar-refractivity contribution in [3.63, 3.8) is 0 Å². The third-order valence-corrected chi connectivity index (χ3v) is 4.19. The van der Waals surface area contributed by atoms with Gasteiger partial charge in [-0.25, -0.2) is 9.97 Å². The minimum Gasteiger partial charge on any atom is -0.387 e. The first kappa shape index (κ1) is 13.6. The molecule has 0 radical (unpaired) electrons. The van der Waals surface area contributed by atoms with Crippen LogP contribution in [0.15, 0.2) is 17.4 Å². The zero-order valence-electron chi connectivity index (χ0n) is 10.6. The van der Waals surface area contributed by atoms with Gasteiger partial charge in [-0.2, -0.15) is 0 Å². The van der Waals surface area contributed by atoms with Crippen LogP contribution >= 0.6 is 11.8 Å². The topological polar surface area (TPSA) is 113 Å². The van der Waals surface area contributed by atoms with Crippen molar-refractivity contribution >= 4 is 22.9 Å². The Morgan fingerprint density at radius 3 is 2.95 bits per heavy atom. The van der Waals surface area contributed by atoms with Crippen LogP contribution in [0.4, 0.5) is 0 Å². The molecule has 1 fully saturated rings. The summed E-state index contributed by atoms with van der Waals surface area (Å²) in [7, 11) is 0. The third-order valence-electron chi connectivity index (χ3n) is 3.34. The minimum atomic E-state index is -0.980. The highest BCUT2D eigenvalue weighted by Gasteiger charge is 2.42. The van der Waals surface area contributed by atoms with E-state index in [-0.39, 0.29) is 17.6 Å². The summed E-state index contributed by atoms with van der Waals surface area (Å²) in [5.74, 6) is 0. The van der Waals surface area contributed by atoms with Gasteiger partial charge in [-0.1, -0.05) is 0 Å². The molecule has 0 amide bonds. The number of nitrogens with one attached hydrogen (secondary N) is 1. The monoisotopic (exact) mass is 298 g/mol. The molecular weight excluding hydrogens is 284 g/mol. The number of hydrogen-bond donors (Lipinski definition) is 3. The van der Waals surface area contributed by atoms with Crippen LogP contribution in [-0.2, 0) is 11.3 Å². The van der Waals surface area contributed by atoms with Crippen LogP contribution in [0.25, 0.3) is 11.2 Å². The third kappa shape index (κ3) is 2.12. The van der Waals surface area contributed by atoms with Crippen molar-refractivity contribution in [2.75, 3.05) is 6.26 Å². The fourth-order valence-electron chi connectivity index (χ4n) is 2.28. The van der Waals surface area contributed by atoms with Crippen LogP contribution in [0, 0.1) is 0 Å². The summed E-state index contributed by atoms with van der Waals surface area (Å²) in [6.45, 7) is 0.266. The Bertz CT molecular complexity index is 672. The van der Waals surface area contributed by atoms with Crippen LogP contribution < -0.4 is 5.56 Å². The number of imidazole rings is 1. The SMILES string of the molecule is CSC1OC(Cn2cnc3c(=O)[nH]cnc32)C(O)C1O. The van der Waals surface area contributed by atoms with Crippen LogP contribution in [0.1, 0.15) is 0 Å². The maximum atomic E-state index is 11.5. The quantitative estimate of drug-likeness (QED) is 0.661. The van der Waals surface area contributed by atoms with E-state index in [0.29, 0.717) is 5.65 Å². The standard InChI is InChI=1S/C11H14N4O4S/c1-20-11-8(17)7(16)5(19-11)2-15-4-14-6-9(15)12-3-13-10(6)18/h3-5,7-8,11,16-17H,2H2,1H3,(H,12,13,18). The van der Waals surface area contributed by atoms with Crippen molar-refractivity contribution in [2.45, 2.75) is 30.3 Å². The van der Waals surface area contributed by atoms with E-state index >= 15 is 0 Å². The largest absolute Gasteiger partial charge is 0.387 e. The highest BCUT2D eigenvalue weighted by atomic mass is 32.2. The van der Waals surface area contributed by atoms with Gasteiger partial charge in [0.05, 0.1) is 19.2 Å².